The molecule has 0 aromatic heterocycles. The summed E-state index contributed by atoms with van der Waals surface area (Å²) in [6.45, 7) is 0.615. The van der Waals surface area contributed by atoms with Crippen molar-refractivity contribution >= 4 is 18.0 Å². The molecule has 2 amide bonds. The number of nitrogens with zero attached hydrogens (tertiary/aromatic N) is 1. The summed E-state index contributed by atoms with van der Waals surface area (Å²) in [4.78, 5) is 23.2. The molecule has 6 nitrogen and oxygen atoms in total. The fourth-order valence-electron chi connectivity index (χ4n) is 1.86. The molecule has 0 spiro atoms. The van der Waals surface area contributed by atoms with Gasteiger partial charge in [-0.2, -0.15) is 5.10 Å². The van der Waals surface area contributed by atoms with Gasteiger partial charge >= 0.3 is 0 Å². The van der Waals surface area contributed by atoms with E-state index in [1.165, 1.54) is 12.3 Å². The van der Waals surface area contributed by atoms with Crippen LogP contribution in [0.25, 0.3) is 0 Å². The van der Waals surface area contributed by atoms with Crippen LogP contribution < -0.4 is 10.7 Å². The minimum absolute atomic E-state index is 0.0795. The van der Waals surface area contributed by atoms with Gasteiger partial charge in [-0.15, -0.1) is 0 Å². The van der Waals surface area contributed by atoms with Crippen molar-refractivity contribution in [3.63, 3.8) is 0 Å². The van der Waals surface area contributed by atoms with Gasteiger partial charge in [-0.05, 0) is 25.0 Å². The van der Waals surface area contributed by atoms with Crippen LogP contribution in [0.4, 0.5) is 0 Å². The smallest absolute Gasteiger partial charge is 0.252 e. The lowest BCUT2D eigenvalue weighted by atomic mass is 9.98. The Hall–Kier alpha value is -2.37. The summed E-state index contributed by atoms with van der Waals surface area (Å²) in [6, 6.07) is 6.63. The van der Waals surface area contributed by atoms with Gasteiger partial charge in [0, 0.05) is 12.1 Å². The maximum Gasteiger partial charge on any atom is 0.252 e. The van der Waals surface area contributed by atoms with Crippen LogP contribution in [0.3, 0.4) is 0 Å². The van der Waals surface area contributed by atoms with Crippen LogP contribution in [0.5, 0.6) is 5.75 Å². The molecule has 1 aliphatic heterocycles. The molecule has 1 saturated heterocycles. The Balaban J connectivity index is 1.93. The SMILES string of the molecule is O=C1NCCC[C@@H]1C(=O)N/N=C\c1ccccc1O. The molecule has 0 radical (unpaired) electrons. The molecule has 1 atom stereocenters. The van der Waals surface area contributed by atoms with Gasteiger partial charge in [-0.1, -0.05) is 12.1 Å². The predicted octanol–water partition coefficient (Wildman–Crippen LogP) is 0.369. The van der Waals surface area contributed by atoms with E-state index in [2.05, 4.69) is 15.8 Å². The van der Waals surface area contributed by atoms with E-state index in [1.54, 1.807) is 18.2 Å². The van der Waals surface area contributed by atoms with Gasteiger partial charge in [0.1, 0.15) is 11.7 Å². The normalized spacial score (nSPS) is 19.2. The van der Waals surface area contributed by atoms with Crippen LogP contribution in [-0.2, 0) is 9.59 Å². The summed E-state index contributed by atoms with van der Waals surface area (Å²) < 4.78 is 0. The van der Waals surface area contributed by atoms with E-state index in [0.29, 0.717) is 18.5 Å². The number of hydrogen-bond acceptors (Lipinski definition) is 4. The summed E-state index contributed by atoms with van der Waals surface area (Å²) in [6.07, 6.45) is 2.66. The van der Waals surface area contributed by atoms with Crippen molar-refractivity contribution in [3.05, 3.63) is 29.8 Å². The first-order chi connectivity index (χ1) is 9.18. The molecule has 1 heterocycles. The Morgan fingerprint density at radius 2 is 2.26 bits per heavy atom. The number of benzene rings is 1. The van der Waals surface area contributed by atoms with Gasteiger partial charge in [0.2, 0.25) is 5.91 Å². The van der Waals surface area contributed by atoms with Crippen molar-refractivity contribution in [2.24, 2.45) is 11.0 Å². The summed E-state index contributed by atoms with van der Waals surface area (Å²) in [7, 11) is 0. The highest BCUT2D eigenvalue weighted by Gasteiger charge is 2.28. The highest BCUT2D eigenvalue weighted by Crippen LogP contribution is 2.13. The number of para-hydroxylation sites is 1. The van der Waals surface area contributed by atoms with Gasteiger partial charge < -0.3 is 10.4 Å². The van der Waals surface area contributed by atoms with Gasteiger partial charge in [0.15, 0.2) is 0 Å². The van der Waals surface area contributed by atoms with Crippen LogP contribution in [0.2, 0.25) is 0 Å². The average Bonchev–Trinajstić information content (AvgIpc) is 2.41. The first-order valence-corrected chi connectivity index (χ1v) is 6.07. The fraction of sp³-hybridized carbons (Fsp3) is 0.308. The molecule has 19 heavy (non-hydrogen) atoms. The van der Waals surface area contributed by atoms with E-state index in [1.807, 2.05) is 0 Å². The molecule has 0 aliphatic carbocycles. The molecule has 0 saturated carbocycles. The van der Waals surface area contributed by atoms with Gasteiger partial charge in [0.25, 0.3) is 5.91 Å². The number of hydrogen-bond donors (Lipinski definition) is 3. The van der Waals surface area contributed by atoms with Crippen molar-refractivity contribution < 1.29 is 14.7 Å². The third-order valence-electron chi connectivity index (χ3n) is 2.92. The predicted molar refractivity (Wildman–Crippen MR) is 69.6 cm³/mol. The minimum atomic E-state index is -0.685. The quantitative estimate of drug-likeness (QED) is 0.417. The van der Waals surface area contributed by atoms with E-state index >= 15 is 0 Å². The molecule has 0 bridgehead atoms. The Morgan fingerprint density at radius 3 is 3.00 bits per heavy atom. The zero-order valence-corrected chi connectivity index (χ0v) is 10.3. The number of amides is 2. The molecule has 0 unspecified atom stereocenters. The number of aromatic hydroxyl groups is 1. The van der Waals surface area contributed by atoms with Crippen molar-refractivity contribution in [3.8, 4) is 5.75 Å². The number of hydrazone groups is 1. The Bertz CT molecular complexity index is 514. The van der Waals surface area contributed by atoms with Crippen LogP contribution in [0.1, 0.15) is 18.4 Å². The van der Waals surface area contributed by atoms with Crippen LogP contribution in [0.15, 0.2) is 29.4 Å². The molecule has 1 aromatic rings. The van der Waals surface area contributed by atoms with Gasteiger partial charge in [-0.3, -0.25) is 9.59 Å². The lowest BCUT2D eigenvalue weighted by molar-refractivity contribution is -0.136. The number of carbonyl (C=O) groups is 2. The van der Waals surface area contributed by atoms with E-state index in [-0.39, 0.29) is 11.7 Å². The Kier molecular flexibility index (Phi) is 4.12. The van der Waals surface area contributed by atoms with Crippen molar-refractivity contribution in [2.45, 2.75) is 12.8 Å². The van der Waals surface area contributed by atoms with E-state index < -0.39 is 11.8 Å². The van der Waals surface area contributed by atoms with Gasteiger partial charge in [-0.25, -0.2) is 5.43 Å². The molecular weight excluding hydrogens is 246 g/mol. The van der Waals surface area contributed by atoms with Crippen LogP contribution in [-0.4, -0.2) is 29.7 Å². The molecule has 3 N–H and O–H groups in total. The molecule has 1 fully saturated rings. The Labute approximate surface area is 110 Å². The second-order valence-electron chi connectivity index (χ2n) is 4.28. The largest absolute Gasteiger partial charge is 0.507 e. The molecule has 2 rings (SSSR count). The zero-order chi connectivity index (χ0) is 13.7. The summed E-state index contributed by atoms with van der Waals surface area (Å²) in [5, 5.41) is 15.9. The molecule has 1 aromatic carbocycles. The van der Waals surface area contributed by atoms with Gasteiger partial charge in [0.05, 0.1) is 6.21 Å². The maximum atomic E-state index is 11.7. The number of phenols is 1. The fourth-order valence-corrected chi connectivity index (χ4v) is 1.86. The van der Waals surface area contributed by atoms with Crippen molar-refractivity contribution in [1.29, 1.82) is 0 Å². The first kappa shape index (κ1) is 13.1. The number of piperidine rings is 1. The van der Waals surface area contributed by atoms with Crippen molar-refractivity contribution in [1.82, 2.24) is 10.7 Å². The molecule has 6 heteroatoms. The number of nitrogens with one attached hydrogen (secondary N) is 2. The monoisotopic (exact) mass is 261 g/mol. The Morgan fingerprint density at radius 1 is 1.47 bits per heavy atom. The molecule has 100 valence electrons. The summed E-state index contributed by atoms with van der Waals surface area (Å²) >= 11 is 0. The minimum Gasteiger partial charge on any atom is -0.507 e. The standard InChI is InChI=1S/C13H15N3O3/c17-11-6-2-1-4-9(11)8-15-16-13(19)10-5-3-7-14-12(10)18/h1-2,4,6,8,10,17H,3,5,7H2,(H,14,18)(H,16,19)/b15-8-/t10-/m0/s1. The van der Waals surface area contributed by atoms with E-state index in [4.69, 9.17) is 0 Å². The highest BCUT2D eigenvalue weighted by molar-refractivity contribution is 6.00. The number of carbonyl (C=O) groups excluding carboxylic acids is 2. The number of rotatable bonds is 3. The topological polar surface area (TPSA) is 90.8 Å². The second-order valence-corrected chi connectivity index (χ2v) is 4.28. The van der Waals surface area contributed by atoms with Crippen molar-refractivity contribution in [2.75, 3.05) is 6.54 Å². The average molecular weight is 261 g/mol. The third-order valence-corrected chi connectivity index (χ3v) is 2.92. The van der Waals surface area contributed by atoms with Crippen LogP contribution >= 0.6 is 0 Å². The van der Waals surface area contributed by atoms with Crippen LogP contribution in [0, 0.1) is 5.92 Å². The molecular formula is C13H15N3O3. The zero-order valence-electron chi connectivity index (χ0n) is 10.3. The van der Waals surface area contributed by atoms with E-state index in [0.717, 1.165) is 6.42 Å². The second kappa shape index (κ2) is 5.99. The first-order valence-electron chi connectivity index (χ1n) is 6.07. The number of phenolic OH excluding ortho intramolecular Hbond substituents is 1. The lowest BCUT2D eigenvalue weighted by Crippen LogP contribution is -2.43. The highest BCUT2D eigenvalue weighted by atomic mass is 16.3. The maximum absolute atomic E-state index is 11.7. The molecule has 1 aliphatic rings. The summed E-state index contributed by atoms with van der Waals surface area (Å²) in [5.41, 5.74) is 2.81. The van der Waals surface area contributed by atoms with E-state index in [9.17, 15) is 14.7 Å². The summed E-state index contributed by atoms with van der Waals surface area (Å²) in [5.74, 6) is -1.29. The lowest BCUT2D eigenvalue weighted by Gasteiger charge is -2.19. The third kappa shape index (κ3) is 3.31.